The number of phenolic OH excluding ortho intramolecular Hbond substituents is 1. The zero-order valence-corrected chi connectivity index (χ0v) is 13.0. The second kappa shape index (κ2) is 6.16. The van der Waals surface area contributed by atoms with Crippen LogP contribution in [0.2, 0.25) is 0 Å². The van der Waals surface area contributed by atoms with Gasteiger partial charge in [0.25, 0.3) is 0 Å². The molecule has 0 atom stereocenters. The Kier molecular flexibility index (Phi) is 5.03. The minimum absolute atomic E-state index is 0.222. The molecule has 1 aromatic carbocycles. The Morgan fingerprint density at radius 2 is 1.80 bits per heavy atom. The van der Waals surface area contributed by atoms with Crippen LogP contribution in [0, 0.1) is 0 Å². The number of phenols is 1. The third kappa shape index (κ3) is 5.11. The van der Waals surface area contributed by atoms with Gasteiger partial charge in [0.05, 0.1) is 0 Å². The summed E-state index contributed by atoms with van der Waals surface area (Å²) in [5.41, 5.74) is 0.170. The van der Waals surface area contributed by atoms with Gasteiger partial charge < -0.3 is 15.2 Å². The molecule has 1 aromatic rings. The second-order valence-electron chi connectivity index (χ2n) is 6.58. The van der Waals surface area contributed by atoms with E-state index in [1.54, 1.807) is 12.1 Å². The van der Waals surface area contributed by atoms with Crippen LogP contribution in [0.5, 0.6) is 5.75 Å². The van der Waals surface area contributed by atoms with Gasteiger partial charge in [0.15, 0.2) is 0 Å². The average Bonchev–Trinajstić information content (AvgIpc) is 2.26. The molecule has 0 aliphatic heterocycles. The van der Waals surface area contributed by atoms with E-state index in [1.165, 1.54) is 0 Å². The Bertz CT molecular complexity index is 461. The zero-order chi connectivity index (χ0) is 15.4. The van der Waals surface area contributed by atoms with Crippen molar-refractivity contribution in [1.29, 1.82) is 0 Å². The molecule has 1 amide bonds. The summed E-state index contributed by atoms with van der Waals surface area (Å²) in [6.45, 7) is 10.1. The molecule has 112 valence electrons. The van der Waals surface area contributed by atoms with E-state index < -0.39 is 11.7 Å². The molecule has 0 fully saturated rings. The number of para-hydroxylation sites is 1. The van der Waals surface area contributed by atoms with Crippen molar-refractivity contribution >= 4 is 6.09 Å². The molecule has 2 N–H and O–H groups in total. The Labute approximate surface area is 121 Å². The van der Waals surface area contributed by atoms with Crippen molar-refractivity contribution in [3.63, 3.8) is 0 Å². The molecule has 0 radical (unpaired) electrons. The topological polar surface area (TPSA) is 58.6 Å². The standard InChI is InChI=1S/C16H25NO3/c1-15(2,3)20-14(19)17-11-10-16(4,5)12-8-6-7-9-13(12)18/h6-9,18H,10-11H2,1-5H3,(H,17,19). The normalized spacial score (nSPS) is 12.1. The third-order valence-corrected chi connectivity index (χ3v) is 3.05. The van der Waals surface area contributed by atoms with E-state index >= 15 is 0 Å². The van der Waals surface area contributed by atoms with Crippen molar-refractivity contribution in [3.05, 3.63) is 29.8 Å². The molecule has 0 unspecified atom stereocenters. The van der Waals surface area contributed by atoms with Crippen LogP contribution >= 0.6 is 0 Å². The van der Waals surface area contributed by atoms with E-state index in [9.17, 15) is 9.90 Å². The Morgan fingerprint density at radius 3 is 2.35 bits per heavy atom. The summed E-state index contributed by atoms with van der Waals surface area (Å²) < 4.78 is 5.18. The second-order valence-corrected chi connectivity index (χ2v) is 6.58. The maximum absolute atomic E-state index is 11.6. The number of amides is 1. The van der Waals surface area contributed by atoms with Gasteiger partial charge in [-0.3, -0.25) is 0 Å². The average molecular weight is 279 g/mol. The summed E-state index contributed by atoms with van der Waals surface area (Å²) in [5.74, 6) is 0.287. The zero-order valence-electron chi connectivity index (χ0n) is 13.0. The highest BCUT2D eigenvalue weighted by Crippen LogP contribution is 2.32. The number of alkyl carbamates (subject to hydrolysis) is 1. The van der Waals surface area contributed by atoms with Gasteiger partial charge in [0.1, 0.15) is 11.4 Å². The van der Waals surface area contributed by atoms with Crippen LogP contribution in [-0.2, 0) is 10.2 Å². The van der Waals surface area contributed by atoms with Gasteiger partial charge in [0, 0.05) is 6.54 Å². The van der Waals surface area contributed by atoms with Gasteiger partial charge in [-0.2, -0.15) is 0 Å². The van der Waals surface area contributed by atoms with Crippen LogP contribution in [0.15, 0.2) is 24.3 Å². The summed E-state index contributed by atoms with van der Waals surface area (Å²) in [6, 6.07) is 7.28. The molecule has 0 bridgehead atoms. The van der Waals surface area contributed by atoms with E-state index in [-0.39, 0.29) is 11.2 Å². The molecule has 0 saturated carbocycles. The van der Waals surface area contributed by atoms with Crippen LogP contribution in [0.1, 0.15) is 46.6 Å². The van der Waals surface area contributed by atoms with Crippen molar-refractivity contribution < 1.29 is 14.6 Å². The fourth-order valence-corrected chi connectivity index (χ4v) is 1.97. The number of hydrogen-bond acceptors (Lipinski definition) is 3. The van der Waals surface area contributed by atoms with Gasteiger partial charge in [-0.05, 0) is 44.2 Å². The lowest BCUT2D eigenvalue weighted by atomic mass is 9.81. The van der Waals surface area contributed by atoms with Crippen molar-refractivity contribution in [2.24, 2.45) is 0 Å². The van der Waals surface area contributed by atoms with E-state index in [4.69, 9.17) is 4.74 Å². The SMILES string of the molecule is CC(C)(C)OC(=O)NCCC(C)(C)c1ccccc1O. The first-order valence-corrected chi connectivity index (χ1v) is 6.87. The van der Waals surface area contributed by atoms with Gasteiger partial charge in [-0.1, -0.05) is 32.0 Å². The smallest absolute Gasteiger partial charge is 0.407 e. The minimum atomic E-state index is -0.489. The summed E-state index contributed by atoms with van der Waals surface area (Å²) in [7, 11) is 0. The monoisotopic (exact) mass is 279 g/mol. The van der Waals surface area contributed by atoms with Gasteiger partial charge in [-0.25, -0.2) is 4.79 Å². The lowest BCUT2D eigenvalue weighted by Crippen LogP contribution is -2.35. The third-order valence-electron chi connectivity index (χ3n) is 3.05. The number of ether oxygens (including phenoxy) is 1. The molecular formula is C16H25NO3. The highest BCUT2D eigenvalue weighted by atomic mass is 16.6. The minimum Gasteiger partial charge on any atom is -0.508 e. The molecule has 0 saturated heterocycles. The molecule has 0 heterocycles. The number of nitrogens with one attached hydrogen (secondary N) is 1. The first-order chi connectivity index (χ1) is 9.12. The van der Waals surface area contributed by atoms with E-state index in [1.807, 2.05) is 46.8 Å². The number of carbonyl (C=O) groups is 1. The fraction of sp³-hybridized carbons (Fsp3) is 0.562. The quantitative estimate of drug-likeness (QED) is 0.885. The largest absolute Gasteiger partial charge is 0.508 e. The van der Waals surface area contributed by atoms with Crippen LogP contribution in [0.3, 0.4) is 0 Å². The predicted octanol–water partition coefficient (Wildman–Crippen LogP) is 3.58. The maximum Gasteiger partial charge on any atom is 0.407 e. The summed E-state index contributed by atoms with van der Waals surface area (Å²) >= 11 is 0. The molecule has 0 spiro atoms. The van der Waals surface area contributed by atoms with E-state index in [0.717, 1.165) is 5.56 Å². The van der Waals surface area contributed by atoms with Crippen molar-refractivity contribution in [2.45, 2.75) is 52.1 Å². The number of benzene rings is 1. The van der Waals surface area contributed by atoms with Gasteiger partial charge in [0.2, 0.25) is 0 Å². The van der Waals surface area contributed by atoms with E-state index in [2.05, 4.69) is 5.32 Å². The Balaban J connectivity index is 2.53. The van der Waals surface area contributed by atoms with Crippen molar-refractivity contribution in [3.8, 4) is 5.75 Å². The molecular weight excluding hydrogens is 254 g/mol. The number of aromatic hydroxyl groups is 1. The van der Waals surface area contributed by atoms with Crippen molar-refractivity contribution in [2.75, 3.05) is 6.54 Å². The van der Waals surface area contributed by atoms with Crippen molar-refractivity contribution in [1.82, 2.24) is 5.32 Å². The summed E-state index contributed by atoms with van der Waals surface area (Å²) in [6.07, 6.45) is 0.301. The highest BCUT2D eigenvalue weighted by molar-refractivity contribution is 5.67. The van der Waals surface area contributed by atoms with Gasteiger partial charge >= 0.3 is 6.09 Å². The molecule has 4 nitrogen and oxygen atoms in total. The molecule has 0 aliphatic rings. The number of carbonyl (C=O) groups excluding carboxylic acids is 1. The molecule has 0 aromatic heterocycles. The predicted molar refractivity (Wildman–Crippen MR) is 80.0 cm³/mol. The van der Waals surface area contributed by atoms with E-state index in [0.29, 0.717) is 13.0 Å². The summed E-state index contributed by atoms with van der Waals surface area (Å²) in [5, 5.41) is 12.6. The highest BCUT2D eigenvalue weighted by Gasteiger charge is 2.24. The van der Waals surface area contributed by atoms with Crippen LogP contribution in [0.4, 0.5) is 4.79 Å². The Hall–Kier alpha value is -1.71. The molecule has 1 rings (SSSR count). The molecule has 4 heteroatoms. The first kappa shape index (κ1) is 16.3. The Morgan fingerprint density at radius 1 is 1.20 bits per heavy atom. The molecule has 20 heavy (non-hydrogen) atoms. The summed E-state index contributed by atoms with van der Waals surface area (Å²) in [4.78, 5) is 11.6. The molecule has 0 aliphatic carbocycles. The maximum atomic E-state index is 11.6. The first-order valence-electron chi connectivity index (χ1n) is 6.87. The fourth-order valence-electron chi connectivity index (χ4n) is 1.97. The lowest BCUT2D eigenvalue weighted by Gasteiger charge is -2.26. The van der Waals surface area contributed by atoms with Gasteiger partial charge in [-0.15, -0.1) is 0 Å². The number of rotatable bonds is 4. The lowest BCUT2D eigenvalue weighted by molar-refractivity contribution is 0.0525. The van der Waals surface area contributed by atoms with Crippen LogP contribution in [-0.4, -0.2) is 23.3 Å². The van der Waals surface area contributed by atoms with Crippen LogP contribution < -0.4 is 5.32 Å². The number of hydrogen-bond donors (Lipinski definition) is 2. The van der Waals surface area contributed by atoms with Crippen LogP contribution in [0.25, 0.3) is 0 Å².